The van der Waals surface area contributed by atoms with Gasteiger partial charge < -0.3 is 20.6 Å². The Labute approximate surface area is 214 Å². The molecule has 5 aromatic rings. The van der Waals surface area contributed by atoms with E-state index in [1.165, 1.54) is 12.4 Å². The molecule has 184 valence electrons. The van der Waals surface area contributed by atoms with Crippen molar-refractivity contribution in [2.24, 2.45) is 5.73 Å². The molecular weight excluding hydrogens is 464 g/mol. The summed E-state index contributed by atoms with van der Waals surface area (Å²) in [5.74, 6) is 0.755. The second-order valence-corrected chi connectivity index (χ2v) is 8.57. The lowest BCUT2D eigenvalue weighted by atomic mass is 9.96. The van der Waals surface area contributed by atoms with Gasteiger partial charge in [-0.2, -0.15) is 0 Å². The summed E-state index contributed by atoms with van der Waals surface area (Å²) in [7, 11) is 0. The van der Waals surface area contributed by atoms with Crippen LogP contribution in [0, 0.1) is 0 Å². The second kappa shape index (κ2) is 10.9. The standard InChI is InChI=1S/C30H26N4O3/c31-25(36)16-8-10-20-9-7-15-23(17-20)26-27-29(34-24(18-35)21-11-3-1-4-12-21)32-19-33-30(27)37-28(26)22-13-5-2-6-14-22/h1-9,11-17,19,24,35H,10,18H2,(H2,31,36)(H,32,33,34). The summed E-state index contributed by atoms with van der Waals surface area (Å²) < 4.78 is 6.32. The summed E-state index contributed by atoms with van der Waals surface area (Å²) >= 11 is 0. The highest BCUT2D eigenvalue weighted by Gasteiger charge is 2.23. The van der Waals surface area contributed by atoms with Crippen LogP contribution in [0.3, 0.4) is 0 Å². The highest BCUT2D eigenvalue weighted by Crippen LogP contribution is 2.43. The van der Waals surface area contributed by atoms with Crippen molar-refractivity contribution in [1.29, 1.82) is 0 Å². The molecule has 2 aromatic heterocycles. The molecule has 4 N–H and O–H groups in total. The molecule has 7 nitrogen and oxygen atoms in total. The van der Waals surface area contributed by atoms with Gasteiger partial charge in [0.25, 0.3) is 0 Å². The molecule has 0 bridgehead atoms. The molecular formula is C30H26N4O3. The van der Waals surface area contributed by atoms with Crippen LogP contribution in [0.1, 0.15) is 17.2 Å². The van der Waals surface area contributed by atoms with Gasteiger partial charge in [-0.05, 0) is 29.2 Å². The SMILES string of the molecule is NC(=O)C=CCc1cccc(-c2c(-c3ccccc3)oc3ncnc(NC(CO)c4ccccc4)c23)c1. The van der Waals surface area contributed by atoms with Crippen molar-refractivity contribution < 1.29 is 14.3 Å². The number of anilines is 1. The Hall–Kier alpha value is -4.75. The number of aromatic nitrogens is 2. The first kappa shape index (κ1) is 24.0. The fourth-order valence-corrected chi connectivity index (χ4v) is 4.36. The molecule has 2 heterocycles. The molecule has 0 aliphatic rings. The number of aliphatic hydroxyl groups is 1. The lowest BCUT2D eigenvalue weighted by Crippen LogP contribution is -2.15. The molecule has 0 fully saturated rings. The maximum Gasteiger partial charge on any atom is 0.241 e. The van der Waals surface area contributed by atoms with Crippen LogP contribution in [-0.4, -0.2) is 27.6 Å². The van der Waals surface area contributed by atoms with E-state index in [0.717, 1.165) is 33.2 Å². The number of hydrogen-bond acceptors (Lipinski definition) is 6. The Morgan fingerprint density at radius 2 is 1.70 bits per heavy atom. The van der Waals surface area contributed by atoms with E-state index >= 15 is 0 Å². The number of carbonyl (C=O) groups excluding carboxylic acids is 1. The number of furan rings is 1. The molecule has 37 heavy (non-hydrogen) atoms. The largest absolute Gasteiger partial charge is 0.437 e. The average Bonchev–Trinajstić information content (AvgIpc) is 3.33. The van der Waals surface area contributed by atoms with Gasteiger partial charge in [0.2, 0.25) is 11.6 Å². The lowest BCUT2D eigenvalue weighted by Gasteiger charge is -2.18. The summed E-state index contributed by atoms with van der Waals surface area (Å²) in [4.78, 5) is 20.1. The maximum atomic E-state index is 11.1. The zero-order valence-corrected chi connectivity index (χ0v) is 20.0. The third kappa shape index (κ3) is 5.27. The molecule has 5 rings (SSSR count). The Morgan fingerprint density at radius 1 is 0.973 bits per heavy atom. The van der Waals surface area contributed by atoms with E-state index in [9.17, 15) is 9.90 Å². The highest BCUT2D eigenvalue weighted by molar-refractivity contribution is 6.06. The zero-order valence-electron chi connectivity index (χ0n) is 20.0. The monoisotopic (exact) mass is 490 g/mol. The fraction of sp³-hybridized carbons (Fsp3) is 0.100. The number of aliphatic hydroxyl groups excluding tert-OH is 1. The number of benzene rings is 3. The zero-order chi connectivity index (χ0) is 25.6. The van der Waals surface area contributed by atoms with Crippen LogP contribution in [0.4, 0.5) is 5.82 Å². The van der Waals surface area contributed by atoms with E-state index in [4.69, 9.17) is 10.2 Å². The molecule has 3 aromatic carbocycles. The first-order chi connectivity index (χ1) is 18.1. The second-order valence-electron chi connectivity index (χ2n) is 8.57. The molecule has 0 aliphatic heterocycles. The molecule has 7 heteroatoms. The molecule has 1 unspecified atom stereocenters. The Kier molecular flexibility index (Phi) is 7.05. The van der Waals surface area contributed by atoms with Gasteiger partial charge in [0.15, 0.2) is 0 Å². The lowest BCUT2D eigenvalue weighted by molar-refractivity contribution is -0.113. The Bertz CT molecular complexity index is 1550. The predicted octanol–water partition coefficient (Wildman–Crippen LogP) is 5.29. The van der Waals surface area contributed by atoms with Crippen molar-refractivity contribution in [3.8, 4) is 22.5 Å². The van der Waals surface area contributed by atoms with Crippen molar-refractivity contribution in [3.63, 3.8) is 0 Å². The minimum Gasteiger partial charge on any atom is -0.437 e. The molecule has 0 saturated carbocycles. The van der Waals surface area contributed by atoms with Crippen molar-refractivity contribution in [2.75, 3.05) is 11.9 Å². The van der Waals surface area contributed by atoms with Crippen LogP contribution in [0.25, 0.3) is 33.6 Å². The predicted molar refractivity (Wildman–Crippen MR) is 145 cm³/mol. The van der Waals surface area contributed by atoms with E-state index in [1.54, 1.807) is 6.08 Å². The smallest absolute Gasteiger partial charge is 0.241 e. The topological polar surface area (TPSA) is 114 Å². The third-order valence-corrected chi connectivity index (χ3v) is 6.07. The van der Waals surface area contributed by atoms with Gasteiger partial charge in [-0.15, -0.1) is 0 Å². The van der Waals surface area contributed by atoms with E-state index in [-0.39, 0.29) is 12.6 Å². The normalized spacial score (nSPS) is 12.1. The minimum atomic E-state index is -0.479. The minimum absolute atomic E-state index is 0.115. The van der Waals surface area contributed by atoms with Gasteiger partial charge >= 0.3 is 0 Å². The number of nitrogens with zero attached hydrogens (tertiary/aromatic N) is 2. The number of rotatable bonds is 9. The van der Waals surface area contributed by atoms with Gasteiger partial charge in [0.05, 0.1) is 18.0 Å². The first-order valence-electron chi connectivity index (χ1n) is 11.9. The molecule has 0 aliphatic carbocycles. The van der Waals surface area contributed by atoms with Crippen LogP contribution in [0.15, 0.2) is 108 Å². The number of nitrogens with two attached hydrogens (primary N) is 1. The van der Waals surface area contributed by atoms with Crippen LogP contribution in [0.2, 0.25) is 0 Å². The number of fused-ring (bicyclic) bond motifs is 1. The van der Waals surface area contributed by atoms with Crippen molar-refractivity contribution in [2.45, 2.75) is 12.5 Å². The van der Waals surface area contributed by atoms with Gasteiger partial charge in [0, 0.05) is 11.1 Å². The van der Waals surface area contributed by atoms with E-state index in [0.29, 0.717) is 23.7 Å². The number of nitrogens with one attached hydrogen (secondary N) is 1. The highest BCUT2D eigenvalue weighted by atomic mass is 16.3. The van der Waals surface area contributed by atoms with E-state index < -0.39 is 5.91 Å². The Balaban J connectivity index is 1.67. The van der Waals surface area contributed by atoms with Crippen LogP contribution in [0.5, 0.6) is 0 Å². The fourth-order valence-electron chi connectivity index (χ4n) is 4.36. The number of amides is 1. The number of primary amides is 1. The third-order valence-electron chi connectivity index (χ3n) is 6.07. The number of allylic oxidation sites excluding steroid dienone is 1. The van der Waals surface area contributed by atoms with Gasteiger partial charge in [0.1, 0.15) is 17.9 Å². The summed E-state index contributed by atoms with van der Waals surface area (Å²) in [5.41, 5.74) is 10.3. The van der Waals surface area contributed by atoms with Crippen molar-refractivity contribution >= 4 is 22.8 Å². The van der Waals surface area contributed by atoms with Gasteiger partial charge in [-0.1, -0.05) is 91.0 Å². The maximum absolute atomic E-state index is 11.1. The van der Waals surface area contributed by atoms with Crippen LogP contribution < -0.4 is 11.1 Å². The van der Waals surface area contributed by atoms with E-state index in [2.05, 4.69) is 21.4 Å². The summed E-state index contributed by atoms with van der Waals surface area (Å²) in [6.07, 6.45) is 5.12. The van der Waals surface area contributed by atoms with E-state index in [1.807, 2.05) is 78.9 Å². The summed E-state index contributed by atoms with van der Waals surface area (Å²) in [6.45, 7) is -0.115. The van der Waals surface area contributed by atoms with Crippen molar-refractivity contribution in [1.82, 2.24) is 9.97 Å². The van der Waals surface area contributed by atoms with Gasteiger partial charge in [-0.25, -0.2) is 9.97 Å². The number of carbonyl (C=O) groups is 1. The molecule has 0 radical (unpaired) electrons. The molecule has 1 atom stereocenters. The molecule has 0 saturated heterocycles. The first-order valence-corrected chi connectivity index (χ1v) is 11.9. The quantitative estimate of drug-likeness (QED) is 0.242. The van der Waals surface area contributed by atoms with Crippen LogP contribution in [-0.2, 0) is 11.2 Å². The summed E-state index contributed by atoms with van der Waals surface area (Å²) in [6, 6.07) is 27.2. The number of hydrogen-bond donors (Lipinski definition) is 3. The Morgan fingerprint density at radius 3 is 2.43 bits per heavy atom. The molecule has 0 spiro atoms. The van der Waals surface area contributed by atoms with Gasteiger partial charge in [-0.3, -0.25) is 4.79 Å². The summed E-state index contributed by atoms with van der Waals surface area (Å²) in [5, 5.41) is 14.3. The van der Waals surface area contributed by atoms with Crippen molar-refractivity contribution in [3.05, 3.63) is 115 Å². The molecule has 1 amide bonds. The van der Waals surface area contributed by atoms with Crippen LogP contribution >= 0.6 is 0 Å². The average molecular weight is 491 g/mol.